The molecule has 0 radical (unpaired) electrons. The molecule has 0 amide bonds. The van der Waals surface area contributed by atoms with Gasteiger partial charge in [-0.25, -0.2) is 28.1 Å². The zero-order valence-electron chi connectivity index (χ0n) is 16.9. The average molecular weight is 463 g/mol. The molecule has 0 saturated heterocycles. The van der Waals surface area contributed by atoms with Crippen molar-refractivity contribution in [1.82, 2.24) is 24.2 Å². The van der Waals surface area contributed by atoms with Gasteiger partial charge >= 0.3 is 0 Å². The Morgan fingerprint density at radius 3 is 2.81 bits per heavy atom. The number of hydrogen-bond acceptors (Lipinski definition) is 9. The van der Waals surface area contributed by atoms with Crippen molar-refractivity contribution in [3.05, 3.63) is 24.0 Å². The fourth-order valence-corrected chi connectivity index (χ4v) is 5.82. The maximum absolute atomic E-state index is 12.1. The average Bonchev–Trinajstić information content (AvgIpc) is 3.42. The van der Waals surface area contributed by atoms with Crippen LogP contribution >= 0.6 is 11.8 Å². The zero-order chi connectivity index (χ0) is 21.6. The summed E-state index contributed by atoms with van der Waals surface area (Å²) < 4.78 is 39.7. The number of nitrogens with zero attached hydrogens (tertiary/aromatic N) is 4. The van der Waals surface area contributed by atoms with E-state index in [2.05, 4.69) is 19.7 Å². The molecule has 3 N–H and O–H groups in total. The summed E-state index contributed by atoms with van der Waals surface area (Å²) in [5.41, 5.74) is 8.21. The summed E-state index contributed by atoms with van der Waals surface area (Å²) in [7, 11) is -3.20. The lowest BCUT2D eigenvalue weighted by atomic mass is 10.2. The largest absolute Gasteiger partial charge is 0.454 e. The number of aromatic nitrogens is 4. The second-order valence-corrected chi connectivity index (χ2v) is 10.6. The Balaban J connectivity index is 1.40. The summed E-state index contributed by atoms with van der Waals surface area (Å²) in [5.74, 6) is 1.74. The SMILES string of the molecule is Cc1cc2c(cc1Sc1nc3c(N)ncnc3n1CCCNS(=O)(=O)C1CC1)OCO2. The van der Waals surface area contributed by atoms with Crippen LogP contribution < -0.4 is 19.9 Å². The van der Waals surface area contributed by atoms with E-state index in [4.69, 9.17) is 15.2 Å². The molecule has 0 bridgehead atoms. The van der Waals surface area contributed by atoms with E-state index in [1.54, 1.807) is 0 Å². The molecule has 2 aromatic heterocycles. The highest BCUT2D eigenvalue weighted by Gasteiger charge is 2.35. The minimum absolute atomic E-state index is 0.213. The van der Waals surface area contributed by atoms with Gasteiger partial charge in [0.05, 0.1) is 5.25 Å². The first-order chi connectivity index (χ1) is 14.9. The van der Waals surface area contributed by atoms with Crippen LogP contribution in [0.15, 0.2) is 28.5 Å². The zero-order valence-corrected chi connectivity index (χ0v) is 18.5. The van der Waals surface area contributed by atoms with Gasteiger partial charge < -0.3 is 19.8 Å². The van der Waals surface area contributed by atoms with Crippen molar-refractivity contribution < 1.29 is 17.9 Å². The first-order valence-electron chi connectivity index (χ1n) is 9.95. The van der Waals surface area contributed by atoms with E-state index in [1.807, 2.05) is 23.6 Å². The smallest absolute Gasteiger partial charge is 0.231 e. The third kappa shape index (κ3) is 4.02. The van der Waals surface area contributed by atoms with Crippen molar-refractivity contribution in [3.8, 4) is 11.5 Å². The molecule has 164 valence electrons. The number of sulfonamides is 1. The third-order valence-electron chi connectivity index (χ3n) is 5.22. The van der Waals surface area contributed by atoms with Gasteiger partial charge in [-0.1, -0.05) is 11.8 Å². The predicted molar refractivity (Wildman–Crippen MR) is 116 cm³/mol. The molecular formula is C19H22N6O4S2. The molecule has 3 aromatic rings. The Labute approximate surface area is 183 Å². The van der Waals surface area contributed by atoms with Gasteiger partial charge in [0.1, 0.15) is 6.33 Å². The normalized spacial score (nSPS) is 15.6. The Hall–Kier alpha value is -2.57. The number of nitrogens with two attached hydrogens (primary N) is 1. The number of fused-ring (bicyclic) bond motifs is 2. The number of aryl methyl sites for hydroxylation is 2. The number of nitrogens with one attached hydrogen (secondary N) is 1. The monoisotopic (exact) mass is 462 g/mol. The summed E-state index contributed by atoms with van der Waals surface area (Å²) in [6.45, 7) is 3.10. The van der Waals surface area contributed by atoms with Crippen molar-refractivity contribution in [1.29, 1.82) is 0 Å². The molecule has 1 saturated carbocycles. The lowest BCUT2D eigenvalue weighted by molar-refractivity contribution is 0.174. The van der Waals surface area contributed by atoms with E-state index in [0.29, 0.717) is 47.4 Å². The van der Waals surface area contributed by atoms with Crippen LogP contribution in [0.2, 0.25) is 0 Å². The Kier molecular flexibility index (Phi) is 5.15. The Morgan fingerprint density at radius 2 is 2.03 bits per heavy atom. The van der Waals surface area contributed by atoms with Gasteiger partial charge in [-0.15, -0.1) is 0 Å². The standard InChI is InChI=1S/C19H22N6O4S2/c1-11-7-13-14(29-10-28-13)8-15(11)30-19-24-16-17(20)21-9-22-18(16)25(19)6-2-5-23-31(26,27)12-3-4-12/h7-9,12,23H,2-6,10H2,1H3,(H2,20,21,22). The molecule has 12 heteroatoms. The molecule has 1 fully saturated rings. The van der Waals surface area contributed by atoms with Crippen LogP contribution in [0.3, 0.4) is 0 Å². The fraction of sp³-hybridized carbons (Fsp3) is 0.421. The molecule has 10 nitrogen and oxygen atoms in total. The van der Waals surface area contributed by atoms with Gasteiger partial charge in [-0.05, 0) is 43.9 Å². The molecule has 0 unspecified atom stereocenters. The highest BCUT2D eigenvalue weighted by atomic mass is 32.2. The number of anilines is 1. The van der Waals surface area contributed by atoms with Crippen molar-refractivity contribution in [2.24, 2.45) is 0 Å². The summed E-state index contributed by atoms with van der Waals surface area (Å²) in [6.07, 6.45) is 3.49. The predicted octanol–water partition coefficient (Wildman–Crippen LogP) is 2.07. The highest BCUT2D eigenvalue weighted by Crippen LogP contribution is 2.41. The van der Waals surface area contributed by atoms with E-state index in [-0.39, 0.29) is 12.0 Å². The van der Waals surface area contributed by atoms with Gasteiger partial charge in [-0.3, -0.25) is 0 Å². The number of ether oxygens (including phenoxy) is 2. The van der Waals surface area contributed by atoms with Crippen LogP contribution in [0.5, 0.6) is 11.5 Å². The fourth-order valence-electron chi connectivity index (χ4n) is 3.39. The second kappa shape index (κ2) is 7.84. The minimum Gasteiger partial charge on any atom is -0.454 e. The van der Waals surface area contributed by atoms with Crippen molar-refractivity contribution in [3.63, 3.8) is 0 Å². The first-order valence-corrected chi connectivity index (χ1v) is 12.3. The van der Waals surface area contributed by atoms with Crippen molar-refractivity contribution in [2.75, 3.05) is 19.1 Å². The summed E-state index contributed by atoms with van der Waals surface area (Å²) in [6, 6.07) is 3.88. The molecule has 31 heavy (non-hydrogen) atoms. The molecule has 2 aliphatic rings. The Morgan fingerprint density at radius 1 is 1.26 bits per heavy atom. The number of nitrogen functional groups attached to an aromatic ring is 1. The number of hydrogen-bond donors (Lipinski definition) is 2. The topological polar surface area (TPSA) is 134 Å². The highest BCUT2D eigenvalue weighted by molar-refractivity contribution is 7.99. The molecule has 0 atom stereocenters. The van der Waals surface area contributed by atoms with Gasteiger partial charge in [0, 0.05) is 18.0 Å². The molecule has 1 aliphatic carbocycles. The van der Waals surface area contributed by atoms with Gasteiger partial charge in [-0.2, -0.15) is 0 Å². The van der Waals surface area contributed by atoms with E-state index in [1.165, 1.54) is 18.1 Å². The first kappa shape index (κ1) is 20.3. The molecule has 1 aromatic carbocycles. The molecular weight excluding hydrogens is 440 g/mol. The number of benzene rings is 1. The summed E-state index contributed by atoms with van der Waals surface area (Å²) in [5, 5.41) is 0.475. The third-order valence-corrected chi connectivity index (χ3v) is 8.33. The van der Waals surface area contributed by atoms with Crippen LogP contribution in [-0.2, 0) is 16.6 Å². The number of rotatable bonds is 8. The van der Waals surface area contributed by atoms with E-state index < -0.39 is 10.0 Å². The number of imidazole rings is 1. The van der Waals surface area contributed by atoms with Crippen molar-refractivity contribution >= 4 is 38.8 Å². The lowest BCUT2D eigenvalue weighted by Gasteiger charge is -2.11. The quantitative estimate of drug-likeness (QED) is 0.482. The van der Waals surface area contributed by atoms with Crippen LogP contribution in [0, 0.1) is 6.92 Å². The van der Waals surface area contributed by atoms with Gasteiger partial charge in [0.25, 0.3) is 0 Å². The van der Waals surface area contributed by atoms with Crippen molar-refractivity contribution in [2.45, 2.75) is 48.0 Å². The molecule has 1 aliphatic heterocycles. The maximum Gasteiger partial charge on any atom is 0.231 e. The van der Waals surface area contributed by atoms with Gasteiger partial charge in [0.15, 0.2) is 33.6 Å². The van der Waals surface area contributed by atoms with E-state index in [9.17, 15) is 8.42 Å². The van der Waals surface area contributed by atoms with Crippen LogP contribution in [0.1, 0.15) is 24.8 Å². The van der Waals surface area contributed by atoms with Crippen LogP contribution in [0.25, 0.3) is 11.2 Å². The maximum atomic E-state index is 12.1. The lowest BCUT2D eigenvalue weighted by Crippen LogP contribution is -2.28. The molecule has 3 heterocycles. The summed E-state index contributed by atoms with van der Waals surface area (Å²) >= 11 is 1.47. The second-order valence-electron chi connectivity index (χ2n) is 7.54. The molecule has 5 rings (SSSR count). The summed E-state index contributed by atoms with van der Waals surface area (Å²) in [4.78, 5) is 14.1. The Bertz CT molecular complexity index is 1260. The van der Waals surface area contributed by atoms with Crippen LogP contribution in [-0.4, -0.2) is 46.5 Å². The van der Waals surface area contributed by atoms with Gasteiger partial charge in [0.2, 0.25) is 16.8 Å². The van der Waals surface area contributed by atoms with E-state index in [0.717, 1.165) is 29.1 Å². The molecule has 0 spiro atoms. The van der Waals surface area contributed by atoms with Crippen LogP contribution in [0.4, 0.5) is 5.82 Å². The minimum atomic E-state index is -3.20. The van der Waals surface area contributed by atoms with E-state index >= 15 is 0 Å².